The van der Waals surface area contributed by atoms with Gasteiger partial charge in [-0.3, -0.25) is 4.90 Å². The van der Waals surface area contributed by atoms with E-state index >= 15 is 0 Å². The Bertz CT molecular complexity index is 423. The first-order valence-electron chi connectivity index (χ1n) is 8.04. The van der Waals surface area contributed by atoms with E-state index < -0.39 is 0 Å². The van der Waals surface area contributed by atoms with Crippen molar-refractivity contribution < 1.29 is 19.1 Å². The van der Waals surface area contributed by atoms with Crippen LogP contribution >= 0.6 is 0 Å². The predicted molar refractivity (Wildman–Crippen MR) is 91.8 cm³/mol. The fourth-order valence-corrected chi connectivity index (χ4v) is 1.80. The second-order valence-corrected chi connectivity index (χ2v) is 6.19. The van der Waals surface area contributed by atoms with E-state index in [4.69, 9.17) is 9.47 Å². The van der Waals surface area contributed by atoms with Crippen LogP contribution in [-0.4, -0.2) is 43.3 Å². The van der Waals surface area contributed by atoms with Crippen molar-refractivity contribution in [3.05, 3.63) is 24.3 Å². The summed E-state index contributed by atoms with van der Waals surface area (Å²) in [4.78, 5) is 23.8. The molecule has 1 atom stereocenters. The molecule has 1 unspecified atom stereocenters. The van der Waals surface area contributed by atoms with E-state index in [0.29, 0.717) is 11.1 Å². The fourth-order valence-electron chi connectivity index (χ4n) is 1.80. The lowest BCUT2D eigenvalue weighted by Gasteiger charge is -2.21. The lowest BCUT2D eigenvalue weighted by Crippen LogP contribution is -2.30. The molecule has 5 nitrogen and oxygen atoms in total. The second kappa shape index (κ2) is 11.0. The zero-order valence-corrected chi connectivity index (χ0v) is 15.2. The van der Waals surface area contributed by atoms with Gasteiger partial charge < -0.3 is 9.47 Å². The number of esters is 2. The van der Waals surface area contributed by atoms with Crippen LogP contribution < -0.4 is 0 Å². The minimum Gasteiger partial charge on any atom is -0.459 e. The minimum atomic E-state index is -0.341. The Labute approximate surface area is 140 Å². The molecule has 1 rings (SSSR count). The van der Waals surface area contributed by atoms with Gasteiger partial charge in [0.25, 0.3) is 0 Å². The Morgan fingerprint density at radius 3 is 1.87 bits per heavy atom. The molecular weight excluding hydrogens is 294 g/mol. The molecular formula is C18H31NO4. The third-order valence-electron chi connectivity index (χ3n) is 3.53. The SMILES string of the molecule is C=C(C)C(=O)OC(C)N(C)C.C=C(C)C(=O)OC1CCCCC1. The summed E-state index contributed by atoms with van der Waals surface area (Å²) in [6.45, 7) is 12.1. The lowest BCUT2D eigenvalue weighted by atomic mass is 9.98. The molecule has 1 aliphatic carbocycles. The van der Waals surface area contributed by atoms with Gasteiger partial charge in [0.15, 0.2) is 6.23 Å². The molecule has 23 heavy (non-hydrogen) atoms. The maximum atomic E-state index is 11.1. The fraction of sp³-hybridized carbons (Fsp3) is 0.667. The Kier molecular flexibility index (Phi) is 10.2. The number of hydrogen-bond acceptors (Lipinski definition) is 5. The van der Waals surface area contributed by atoms with Gasteiger partial charge in [-0.1, -0.05) is 19.6 Å². The predicted octanol–water partition coefficient (Wildman–Crippen LogP) is 3.45. The van der Waals surface area contributed by atoms with Gasteiger partial charge in [0.2, 0.25) is 0 Å². The largest absolute Gasteiger partial charge is 0.459 e. The summed E-state index contributed by atoms with van der Waals surface area (Å²) < 4.78 is 10.2. The second-order valence-electron chi connectivity index (χ2n) is 6.19. The smallest absolute Gasteiger partial charge is 0.334 e. The highest BCUT2D eigenvalue weighted by Gasteiger charge is 2.17. The van der Waals surface area contributed by atoms with Gasteiger partial charge in [-0.25, -0.2) is 9.59 Å². The summed E-state index contributed by atoms with van der Waals surface area (Å²) in [7, 11) is 3.69. The van der Waals surface area contributed by atoms with Crippen LogP contribution in [-0.2, 0) is 19.1 Å². The van der Waals surface area contributed by atoms with Crippen molar-refractivity contribution in [3.63, 3.8) is 0 Å². The molecule has 0 spiro atoms. The lowest BCUT2D eigenvalue weighted by molar-refractivity contribution is -0.150. The number of nitrogens with zero attached hydrogens (tertiary/aromatic N) is 1. The highest BCUT2D eigenvalue weighted by Crippen LogP contribution is 2.20. The molecule has 5 heteroatoms. The molecule has 0 saturated heterocycles. The Balaban J connectivity index is 0.000000423. The summed E-state index contributed by atoms with van der Waals surface area (Å²) in [6, 6.07) is 0. The van der Waals surface area contributed by atoms with Crippen molar-refractivity contribution in [2.45, 2.75) is 65.2 Å². The summed E-state index contributed by atoms with van der Waals surface area (Å²) in [5, 5.41) is 0. The molecule has 0 N–H and O–H groups in total. The molecule has 1 saturated carbocycles. The third-order valence-corrected chi connectivity index (χ3v) is 3.53. The standard InChI is InChI=1S/C10H16O2.C8H15NO2/c1-8(2)10(11)12-9-6-4-3-5-7-9;1-6(2)8(10)11-7(3)9(4)5/h9H,1,3-7H2,2H3;7H,1H2,2-5H3. The first kappa shape index (κ1) is 21.4. The van der Waals surface area contributed by atoms with E-state index in [9.17, 15) is 9.59 Å². The van der Waals surface area contributed by atoms with Crippen LogP contribution in [0.25, 0.3) is 0 Å². The maximum Gasteiger partial charge on any atom is 0.334 e. The molecule has 1 fully saturated rings. The van der Waals surface area contributed by atoms with Crippen LogP contribution in [0.4, 0.5) is 0 Å². The highest BCUT2D eigenvalue weighted by atomic mass is 16.6. The van der Waals surface area contributed by atoms with Crippen molar-refractivity contribution >= 4 is 11.9 Å². The average molecular weight is 325 g/mol. The summed E-state index contributed by atoms with van der Waals surface area (Å²) in [5.74, 6) is -0.576. The molecule has 0 bridgehead atoms. The zero-order valence-electron chi connectivity index (χ0n) is 15.2. The molecule has 0 heterocycles. The van der Waals surface area contributed by atoms with Crippen LogP contribution in [0.15, 0.2) is 24.3 Å². The Morgan fingerprint density at radius 2 is 1.48 bits per heavy atom. The van der Waals surface area contributed by atoms with Crippen molar-refractivity contribution in [2.24, 2.45) is 0 Å². The van der Waals surface area contributed by atoms with Crippen molar-refractivity contribution in [1.29, 1.82) is 0 Å². The van der Waals surface area contributed by atoms with Crippen molar-refractivity contribution in [3.8, 4) is 0 Å². The van der Waals surface area contributed by atoms with Crippen LogP contribution in [0.3, 0.4) is 0 Å². The number of hydrogen-bond donors (Lipinski definition) is 0. The summed E-state index contributed by atoms with van der Waals surface area (Å²) >= 11 is 0. The van der Waals surface area contributed by atoms with E-state index in [1.807, 2.05) is 14.1 Å². The number of rotatable bonds is 5. The van der Waals surface area contributed by atoms with E-state index in [-0.39, 0.29) is 24.3 Å². The molecule has 0 aromatic heterocycles. The monoisotopic (exact) mass is 325 g/mol. The number of carbonyl (C=O) groups excluding carboxylic acids is 2. The molecule has 1 aliphatic rings. The summed E-state index contributed by atoms with van der Waals surface area (Å²) in [5.41, 5.74) is 0.930. The molecule has 0 amide bonds. The first-order valence-corrected chi connectivity index (χ1v) is 8.04. The van der Waals surface area contributed by atoms with Gasteiger partial charge in [0.1, 0.15) is 6.10 Å². The van der Waals surface area contributed by atoms with E-state index in [2.05, 4.69) is 13.2 Å². The van der Waals surface area contributed by atoms with Crippen LogP contribution in [0.5, 0.6) is 0 Å². The van der Waals surface area contributed by atoms with Gasteiger partial charge in [0.05, 0.1) is 0 Å². The minimum absolute atomic E-state index is 0.156. The molecule has 0 aliphatic heterocycles. The first-order chi connectivity index (χ1) is 10.6. The van der Waals surface area contributed by atoms with Crippen LogP contribution in [0, 0.1) is 0 Å². The zero-order chi connectivity index (χ0) is 18.0. The highest BCUT2D eigenvalue weighted by molar-refractivity contribution is 5.87. The van der Waals surface area contributed by atoms with Crippen LogP contribution in [0.1, 0.15) is 52.9 Å². The van der Waals surface area contributed by atoms with E-state index in [1.54, 1.807) is 25.7 Å². The van der Waals surface area contributed by atoms with Crippen molar-refractivity contribution in [2.75, 3.05) is 14.1 Å². The number of carbonyl (C=O) groups is 2. The molecule has 0 aromatic carbocycles. The maximum absolute atomic E-state index is 11.1. The quantitative estimate of drug-likeness (QED) is 0.440. The van der Waals surface area contributed by atoms with Crippen molar-refractivity contribution in [1.82, 2.24) is 4.90 Å². The average Bonchev–Trinajstić information content (AvgIpc) is 2.48. The van der Waals surface area contributed by atoms with Gasteiger partial charge in [0, 0.05) is 11.1 Å². The van der Waals surface area contributed by atoms with Gasteiger partial charge in [-0.2, -0.15) is 0 Å². The third kappa shape index (κ3) is 9.89. The van der Waals surface area contributed by atoms with Gasteiger partial charge in [-0.15, -0.1) is 0 Å². The van der Waals surface area contributed by atoms with Gasteiger partial charge >= 0.3 is 11.9 Å². The topological polar surface area (TPSA) is 55.8 Å². The van der Waals surface area contributed by atoms with Crippen LogP contribution in [0.2, 0.25) is 0 Å². The normalized spacial score (nSPS) is 15.9. The Hall–Kier alpha value is -1.62. The van der Waals surface area contributed by atoms with E-state index in [0.717, 1.165) is 12.8 Å². The van der Waals surface area contributed by atoms with E-state index in [1.165, 1.54) is 19.3 Å². The summed E-state index contributed by atoms with van der Waals surface area (Å²) in [6.07, 6.45) is 5.67. The molecule has 0 radical (unpaired) electrons. The van der Waals surface area contributed by atoms with Gasteiger partial charge in [-0.05, 0) is 60.5 Å². The molecule has 0 aromatic rings. The Morgan fingerprint density at radius 1 is 1.00 bits per heavy atom. The number of ether oxygens (including phenoxy) is 2. The molecule has 132 valence electrons.